The summed E-state index contributed by atoms with van der Waals surface area (Å²) in [6, 6.07) is 0. The van der Waals surface area contributed by atoms with Gasteiger partial charge in [0, 0.05) is 19.3 Å². The van der Waals surface area contributed by atoms with Crippen LogP contribution in [0.5, 0.6) is 0 Å². The first-order valence-electron chi connectivity index (χ1n) is 34.8. The third-order valence-electron chi connectivity index (χ3n) is 16.0. The summed E-state index contributed by atoms with van der Waals surface area (Å²) in [5.41, 5.74) is 0. The lowest BCUT2D eigenvalue weighted by Crippen LogP contribution is -2.30. The second kappa shape index (κ2) is 66.4. The lowest BCUT2D eigenvalue weighted by atomic mass is 10.0. The average molecular weight is 1080 g/mol. The highest BCUT2D eigenvalue weighted by atomic mass is 16.6. The molecular weight excluding hydrogens is 949 g/mol. The molecule has 1 atom stereocenters. The van der Waals surface area contributed by atoms with Crippen LogP contribution in [0.3, 0.4) is 0 Å². The van der Waals surface area contributed by atoms with Crippen LogP contribution in [0, 0.1) is 0 Å². The number of hydrogen-bond acceptors (Lipinski definition) is 6. The molecule has 0 aliphatic heterocycles. The lowest BCUT2D eigenvalue weighted by Gasteiger charge is -2.18. The van der Waals surface area contributed by atoms with Gasteiger partial charge in [-0.15, -0.1) is 0 Å². The Morgan fingerprint density at radius 1 is 0.260 bits per heavy atom. The fraction of sp³-hybridized carbons (Fsp3) is 0.901. The van der Waals surface area contributed by atoms with Crippen LogP contribution < -0.4 is 0 Å². The molecule has 6 nitrogen and oxygen atoms in total. The van der Waals surface area contributed by atoms with Crippen LogP contribution in [0.1, 0.15) is 393 Å². The van der Waals surface area contributed by atoms with E-state index in [-0.39, 0.29) is 31.1 Å². The summed E-state index contributed by atoms with van der Waals surface area (Å²) in [5, 5.41) is 0. The van der Waals surface area contributed by atoms with Crippen molar-refractivity contribution in [1.82, 2.24) is 0 Å². The highest BCUT2D eigenvalue weighted by molar-refractivity contribution is 5.71. The molecule has 0 heterocycles. The molecule has 0 aromatic rings. The van der Waals surface area contributed by atoms with Gasteiger partial charge in [0.05, 0.1) is 0 Å². The molecule has 1 unspecified atom stereocenters. The van der Waals surface area contributed by atoms with Crippen LogP contribution in [0.25, 0.3) is 0 Å². The first-order chi connectivity index (χ1) is 38.0. The first kappa shape index (κ1) is 74.9. The van der Waals surface area contributed by atoms with Crippen LogP contribution in [0.2, 0.25) is 0 Å². The zero-order chi connectivity index (χ0) is 55.7. The monoisotopic (exact) mass is 1080 g/mol. The molecule has 0 aromatic carbocycles. The van der Waals surface area contributed by atoms with E-state index in [4.69, 9.17) is 14.2 Å². The Morgan fingerprint density at radius 2 is 0.468 bits per heavy atom. The minimum absolute atomic E-state index is 0.0641. The molecule has 0 bridgehead atoms. The quantitative estimate of drug-likeness (QED) is 0.0261. The van der Waals surface area contributed by atoms with Crippen LogP contribution in [-0.2, 0) is 28.6 Å². The summed E-state index contributed by atoms with van der Waals surface area (Å²) in [4.78, 5) is 38.0. The molecular formula is C71H134O6. The molecule has 0 aliphatic rings. The van der Waals surface area contributed by atoms with Crippen molar-refractivity contribution in [2.24, 2.45) is 0 Å². The smallest absolute Gasteiger partial charge is 0.306 e. The molecule has 454 valence electrons. The Morgan fingerprint density at radius 3 is 0.714 bits per heavy atom. The number of carbonyl (C=O) groups excluding carboxylic acids is 3. The fourth-order valence-corrected chi connectivity index (χ4v) is 10.7. The largest absolute Gasteiger partial charge is 0.462 e. The van der Waals surface area contributed by atoms with Gasteiger partial charge < -0.3 is 14.2 Å². The van der Waals surface area contributed by atoms with Gasteiger partial charge in [0.2, 0.25) is 0 Å². The van der Waals surface area contributed by atoms with E-state index in [0.717, 1.165) is 64.2 Å². The fourth-order valence-electron chi connectivity index (χ4n) is 10.7. The molecule has 0 spiro atoms. The molecule has 0 saturated heterocycles. The van der Waals surface area contributed by atoms with E-state index >= 15 is 0 Å². The van der Waals surface area contributed by atoms with Gasteiger partial charge in [-0.1, -0.05) is 347 Å². The van der Waals surface area contributed by atoms with Crippen molar-refractivity contribution in [1.29, 1.82) is 0 Å². The predicted octanol–water partition coefficient (Wildman–Crippen LogP) is 23.8. The van der Waals surface area contributed by atoms with E-state index < -0.39 is 6.10 Å². The third-order valence-corrected chi connectivity index (χ3v) is 16.0. The number of rotatable bonds is 65. The van der Waals surface area contributed by atoms with Gasteiger partial charge in [-0.3, -0.25) is 14.4 Å². The Hall–Kier alpha value is -2.11. The normalized spacial score (nSPS) is 12.1. The average Bonchev–Trinajstić information content (AvgIpc) is 3.43. The van der Waals surface area contributed by atoms with Gasteiger partial charge >= 0.3 is 17.9 Å². The maximum Gasteiger partial charge on any atom is 0.306 e. The summed E-state index contributed by atoms with van der Waals surface area (Å²) in [6.45, 7) is 6.64. The van der Waals surface area contributed by atoms with Gasteiger partial charge in [0.25, 0.3) is 0 Å². The van der Waals surface area contributed by atoms with E-state index in [1.54, 1.807) is 0 Å². The van der Waals surface area contributed by atoms with Crippen LogP contribution >= 0.6 is 0 Å². The van der Waals surface area contributed by atoms with Crippen molar-refractivity contribution in [3.05, 3.63) is 24.3 Å². The SMILES string of the molecule is CCCCCCC/C=C\C/C=C\CCCCCCCCCCCCCCCCCCCCCCCC(=O)OCC(COC(=O)CCCCCCCC)OC(=O)CCCCCCCCCCCCCCCCCCCCCC. The minimum atomic E-state index is -0.763. The zero-order valence-electron chi connectivity index (χ0n) is 52.3. The van der Waals surface area contributed by atoms with Gasteiger partial charge in [0.1, 0.15) is 13.2 Å². The Kier molecular flexibility index (Phi) is 64.6. The molecule has 0 radical (unpaired) electrons. The van der Waals surface area contributed by atoms with E-state index in [2.05, 4.69) is 45.1 Å². The number of carbonyl (C=O) groups is 3. The number of hydrogen-bond donors (Lipinski definition) is 0. The van der Waals surface area contributed by atoms with Crippen molar-refractivity contribution in [2.75, 3.05) is 13.2 Å². The van der Waals surface area contributed by atoms with Crippen molar-refractivity contribution in [3.8, 4) is 0 Å². The highest BCUT2D eigenvalue weighted by Crippen LogP contribution is 2.19. The summed E-state index contributed by atoms with van der Waals surface area (Å²) in [6.07, 6.45) is 81.1. The summed E-state index contributed by atoms with van der Waals surface area (Å²) in [7, 11) is 0. The topological polar surface area (TPSA) is 78.9 Å². The van der Waals surface area contributed by atoms with Gasteiger partial charge in [-0.05, 0) is 51.4 Å². The standard InChI is InChI=1S/C71H134O6/c1-4-7-10-13-16-18-20-22-24-26-28-30-31-32-33-34-35-36-37-38-39-40-41-42-44-45-47-49-51-53-55-58-61-64-70(73)76-67-68(66-75-69(72)63-60-57-15-12-9-6-3)77-71(74)65-62-59-56-54-52-50-48-46-43-29-27-25-23-21-19-17-14-11-8-5-2/h20,22,26,28,68H,4-19,21,23-25,27,29-67H2,1-3H3/b22-20-,28-26-. The molecule has 0 fully saturated rings. The summed E-state index contributed by atoms with van der Waals surface area (Å²) in [5.74, 6) is -0.845. The minimum Gasteiger partial charge on any atom is -0.462 e. The predicted molar refractivity (Wildman–Crippen MR) is 335 cm³/mol. The maximum absolute atomic E-state index is 12.9. The van der Waals surface area contributed by atoms with E-state index in [1.165, 1.54) is 289 Å². The first-order valence-corrected chi connectivity index (χ1v) is 34.8. The van der Waals surface area contributed by atoms with Crippen LogP contribution in [-0.4, -0.2) is 37.2 Å². The number of unbranched alkanes of at least 4 members (excludes halogenated alkanes) is 50. The Balaban J connectivity index is 3.92. The second-order valence-corrected chi connectivity index (χ2v) is 23.8. The Labute approximate surface area is 481 Å². The molecule has 6 heteroatoms. The summed E-state index contributed by atoms with van der Waals surface area (Å²) < 4.78 is 16.8. The molecule has 0 aromatic heterocycles. The molecule has 0 amide bonds. The van der Waals surface area contributed by atoms with Crippen molar-refractivity contribution >= 4 is 17.9 Å². The van der Waals surface area contributed by atoms with E-state index in [0.29, 0.717) is 19.3 Å². The van der Waals surface area contributed by atoms with Crippen LogP contribution in [0.15, 0.2) is 24.3 Å². The zero-order valence-corrected chi connectivity index (χ0v) is 52.3. The molecule has 0 saturated carbocycles. The third kappa shape index (κ3) is 64.6. The van der Waals surface area contributed by atoms with Crippen molar-refractivity contribution in [2.45, 2.75) is 399 Å². The lowest BCUT2D eigenvalue weighted by molar-refractivity contribution is -0.167. The van der Waals surface area contributed by atoms with Gasteiger partial charge in [-0.2, -0.15) is 0 Å². The molecule has 0 N–H and O–H groups in total. The second-order valence-electron chi connectivity index (χ2n) is 23.8. The Bertz CT molecular complexity index is 1240. The van der Waals surface area contributed by atoms with Crippen molar-refractivity contribution in [3.63, 3.8) is 0 Å². The number of allylic oxidation sites excluding steroid dienone is 4. The maximum atomic E-state index is 12.9. The van der Waals surface area contributed by atoms with Gasteiger partial charge in [-0.25, -0.2) is 0 Å². The number of esters is 3. The highest BCUT2D eigenvalue weighted by Gasteiger charge is 2.19. The number of ether oxygens (including phenoxy) is 3. The van der Waals surface area contributed by atoms with Crippen LogP contribution in [0.4, 0.5) is 0 Å². The summed E-state index contributed by atoms with van der Waals surface area (Å²) >= 11 is 0. The molecule has 77 heavy (non-hydrogen) atoms. The van der Waals surface area contributed by atoms with E-state index in [9.17, 15) is 14.4 Å². The molecule has 0 rings (SSSR count). The van der Waals surface area contributed by atoms with Gasteiger partial charge in [0.15, 0.2) is 6.10 Å². The van der Waals surface area contributed by atoms with E-state index in [1.807, 2.05) is 0 Å². The molecule has 0 aliphatic carbocycles. The van der Waals surface area contributed by atoms with Crippen molar-refractivity contribution < 1.29 is 28.6 Å².